The zero-order valence-electron chi connectivity index (χ0n) is 11.6. The van der Waals surface area contributed by atoms with Crippen LogP contribution >= 0.6 is 15.9 Å². The molecule has 0 aromatic heterocycles. The number of nitrogens with zero attached hydrogens (tertiary/aromatic N) is 1. The monoisotopic (exact) mass is 378 g/mol. The SMILES string of the molecule is CC1CN(C(=O)c2cc(F)cc(S(N)(=O)=O)c2Br)CC1C. The quantitative estimate of drug-likeness (QED) is 0.853. The lowest BCUT2D eigenvalue weighted by atomic mass is 10.0. The highest BCUT2D eigenvalue weighted by molar-refractivity contribution is 9.10. The van der Waals surface area contributed by atoms with Gasteiger partial charge in [-0.2, -0.15) is 0 Å². The van der Waals surface area contributed by atoms with E-state index < -0.39 is 26.6 Å². The van der Waals surface area contributed by atoms with Crippen LogP contribution in [0.2, 0.25) is 0 Å². The highest BCUT2D eigenvalue weighted by Crippen LogP contribution is 2.30. The number of rotatable bonds is 2. The lowest BCUT2D eigenvalue weighted by Crippen LogP contribution is -2.29. The van der Waals surface area contributed by atoms with E-state index in [2.05, 4.69) is 15.9 Å². The van der Waals surface area contributed by atoms with E-state index in [4.69, 9.17) is 5.14 Å². The van der Waals surface area contributed by atoms with Gasteiger partial charge in [0, 0.05) is 13.1 Å². The van der Waals surface area contributed by atoms with Crippen molar-refractivity contribution in [2.24, 2.45) is 17.0 Å². The fourth-order valence-electron chi connectivity index (χ4n) is 2.39. The van der Waals surface area contributed by atoms with Crippen LogP contribution in [0.3, 0.4) is 0 Å². The maximum absolute atomic E-state index is 13.6. The van der Waals surface area contributed by atoms with E-state index in [0.29, 0.717) is 24.9 Å². The number of hydrogen-bond donors (Lipinski definition) is 1. The topological polar surface area (TPSA) is 80.5 Å². The van der Waals surface area contributed by atoms with Crippen molar-refractivity contribution in [3.8, 4) is 0 Å². The summed E-state index contributed by atoms with van der Waals surface area (Å²) in [6, 6.07) is 1.82. The second-order valence-electron chi connectivity index (χ2n) is 5.48. The van der Waals surface area contributed by atoms with Crippen LogP contribution in [-0.2, 0) is 10.0 Å². The molecule has 1 aliphatic heterocycles. The Morgan fingerprint density at radius 1 is 1.33 bits per heavy atom. The van der Waals surface area contributed by atoms with Gasteiger partial charge in [-0.3, -0.25) is 4.79 Å². The van der Waals surface area contributed by atoms with E-state index in [0.717, 1.165) is 12.1 Å². The molecule has 0 saturated carbocycles. The molecule has 2 atom stereocenters. The van der Waals surface area contributed by atoms with Crippen molar-refractivity contribution in [3.63, 3.8) is 0 Å². The number of carbonyl (C=O) groups excluding carboxylic acids is 1. The molecule has 8 heteroatoms. The van der Waals surface area contributed by atoms with Gasteiger partial charge in [0.15, 0.2) is 0 Å². The van der Waals surface area contributed by atoms with E-state index >= 15 is 0 Å². The number of carbonyl (C=O) groups is 1. The normalized spacial score (nSPS) is 22.6. The molecule has 2 unspecified atom stereocenters. The Balaban J connectivity index is 2.45. The van der Waals surface area contributed by atoms with Crippen molar-refractivity contribution in [3.05, 3.63) is 28.0 Å². The van der Waals surface area contributed by atoms with Crippen LogP contribution in [0.15, 0.2) is 21.5 Å². The molecule has 1 heterocycles. The Kier molecular flexibility index (Phi) is 4.41. The lowest BCUT2D eigenvalue weighted by molar-refractivity contribution is 0.0783. The highest BCUT2D eigenvalue weighted by Gasteiger charge is 2.32. The van der Waals surface area contributed by atoms with Crippen LogP contribution < -0.4 is 5.14 Å². The number of benzene rings is 1. The molecule has 0 spiro atoms. The minimum absolute atomic E-state index is 0.00334. The van der Waals surface area contributed by atoms with E-state index in [-0.39, 0.29) is 10.0 Å². The third-order valence-corrected chi connectivity index (χ3v) is 5.87. The zero-order valence-corrected chi connectivity index (χ0v) is 14.0. The number of halogens is 2. The second-order valence-corrected chi connectivity index (χ2v) is 7.80. The Labute approximate surface area is 131 Å². The summed E-state index contributed by atoms with van der Waals surface area (Å²) in [5, 5.41) is 5.04. The van der Waals surface area contributed by atoms with E-state index in [9.17, 15) is 17.6 Å². The Morgan fingerprint density at radius 2 is 1.86 bits per heavy atom. The number of primary sulfonamides is 1. The fraction of sp³-hybridized carbons (Fsp3) is 0.462. The summed E-state index contributed by atoms with van der Waals surface area (Å²) in [5.41, 5.74) is -0.0275. The van der Waals surface area contributed by atoms with Gasteiger partial charge in [-0.15, -0.1) is 0 Å². The molecule has 1 saturated heterocycles. The maximum Gasteiger partial charge on any atom is 0.255 e. The van der Waals surface area contributed by atoms with E-state index in [1.165, 1.54) is 0 Å². The molecule has 0 radical (unpaired) electrons. The van der Waals surface area contributed by atoms with Gasteiger partial charge >= 0.3 is 0 Å². The number of likely N-dealkylation sites (tertiary alicyclic amines) is 1. The Morgan fingerprint density at radius 3 is 2.33 bits per heavy atom. The van der Waals surface area contributed by atoms with Crippen LogP contribution in [0.1, 0.15) is 24.2 Å². The number of amides is 1. The summed E-state index contributed by atoms with van der Waals surface area (Å²) in [4.78, 5) is 13.7. The van der Waals surface area contributed by atoms with Crippen molar-refractivity contribution in [1.29, 1.82) is 0 Å². The van der Waals surface area contributed by atoms with Crippen LogP contribution in [0.4, 0.5) is 4.39 Å². The van der Waals surface area contributed by atoms with Gasteiger partial charge in [0.1, 0.15) is 5.82 Å². The Hall–Kier alpha value is -0.990. The average molecular weight is 379 g/mol. The summed E-state index contributed by atoms with van der Waals surface area (Å²) in [7, 11) is -4.11. The van der Waals surface area contributed by atoms with Crippen LogP contribution in [0.5, 0.6) is 0 Å². The molecule has 2 rings (SSSR count). The smallest absolute Gasteiger partial charge is 0.255 e. The van der Waals surface area contributed by atoms with Crippen LogP contribution in [0, 0.1) is 17.7 Å². The summed E-state index contributed by atoms with van der Waals surface area (Å²) < 4.78 is 36.6. The van der Waals surface area contributed by atoms with Crippen molar-refractivity contribution in [2.45, 2.75) is 18.7 Å². The third kappa shape index (κ3) is 3.27. The first-order valence-corrected chi connectivity index (χ1v) is 8.76. The largest absolute Gasteiger partial charge is 0.338 e. The molecule has 1 amide bonds. The molecule has 2 N–H and O–H groups in total. The van der Waals surface area contributed by atoms with Gasteiger partial charge < -0.3 is 4.90 Å². The zero-order chi connectivity index (χ0) is 15.9. The molecule has 1 aromatic carbocycles. The summed E-state index contributed by atoms with van der Waals surface area (Å²) in [6.07, 6.45) is 0. The molecule has 21 heavy (non-hydrogen) atoms. The summed E-state index contributed by atoms with van der Waals surface area (Å²) in [5.74, 6) is -0.522. The predicted molar refractivity (Wildman–Crippen MR) is 79.7 cm³/mol. The van der Waals surface area contributed by atoms with Crippen molar-refractivity contribution < 1.29 is 17.6 Å². The first kappa shape index (κ1) is 16.4. The van der Waals surface area contributed by atoms with E-state index in [1.807, 2.05) is 13.8 Å². The molecule has 1 aliphatic rings. The molecule has 1 fully saturated rings. The summed E-state index contributed by atoms with van der Waals surface area (Å²) >= 11 is 3.06. The van der Waals surface area contributed by atoms with Gasteiger partial charge in [0.25, 0.3) is 5.91 Å². The fourth-order valence-corrected chi connectivity index (χ4v) is 4.10. The lowest BCUT2D eigenvalue weighted by Gasteiger charge is -2.18. The molecular weight excluding hydrogens is 363 g/mol. The van der Waals surface area contributed by atoms with Gasteiger partial charge in [0.05, 0.1) is 14.9 Å². The van der Waals surface area contributed by atoms with Crippen LogP contribution in [-0.4, -0.2) is 32.3 Å². The van der Waals surface area contributed by atoms with Gasteiger partial charge in [-0.05, 0) is 39.9 Å². The number of nitrogens with two attached hydrogens (primary N) is 1. The maximum atomic E-state index is 13.6. The van der Waals surface area contributed by atoms with Crippen LogP contribution in [0.25, 0.3) is 0 Å². The first-order valence-electron chi connectivity index (χ1n) is 6.42. The van der Waals surface area contributed by atoms with Gasteiger partial charge in [-0.1, -0.05) is 13.8 Å². The predicted octanol–water partition coefficient (Wildman–Crippen LogP) is 1.96. The first-order chi connectivity index (χ1) is 9.61. The molecule has 0 aliphatic carbocycles. The standard InChI is InChI=1S/C13H16BrFN2O3S/c1-7-5-17(6-8(7)2)13(18)10-3-9(15)4-11(12(10)14)21(16,19)20/h3-4,7-8H,5-6H2,1-2H3,(H2,16,19,20). The number of sulfonamides is 1. The summed E-state index contributed by atoms with van der Waals surface area (Å²) in [6.45, 7) is 5.20. The van der Waals surface area contributed by atoms with Crippen molar-refractivity contribution >= 4 is 31.9 Å². The van der Waals surface area contributed by atoms with Gasteiger partial charge in [-0.25, -0.2) is 17.9 Å². The highest BCUT2D eigenvalue weighted by atomic mass is 79.9. The minimum atomic E-state index is -4.11. The second kappa shape index (κ2) is 5.66. The minimum Gasteiger partial charge on any atom is -0.338 e. The molecule has 116 valence electrons. The molecule has 1 aromatic rings. The molecular formula is C13H16BrFN2O3S. The average Bonchev–Trinajstić information content (AvgIpc) is 2.70. The molecule has 0 bridgehead atoms. The Bertz CT molecular complexity index is 683. The molecule has 5 nitrogen and oxygen atoms in total. The number of hydrogen-bond acceptors (Lipinski definition) is 3. The van der Waals surface area contributed by atoms with Crippen molar-refractivity contribution in [2.75, 3.05) is 13.1 Å². The van der Waals surface area contributed by atoms with Crippen molar-refractivity contribution in [1.82, 2.24) is 4.90 Å². The third-order valence-electron chi connectivity index (χ3n) is 3.82. The van der Waals surface area contributed by atoms with Gasteiger partial charge in [0.2, 0.25) is 10.0 Å². The van der Waals surface area contributed by atoms with E-state index in [1.54, 1.807) is 4.90 Å².